The molecule has 0 aliphatic rings. The molecule has 6 nitrogen and oxygen atoms in total. The van der Waals surface area contributed by atoms with E-state index in [1.165, 1.54) is 12.1 Å². The van der Waals surface area contributed by atoms with Crippen LogP contribution in [-0.4, -0.2) is 9.91 Å². The number of aromatic nitrogens is 1. The molecule has 0 spiro atoms. The lowest BCUT2D eigenvalue weighted by atomic mass is 9.99. The second-order valence-corrected chi connectivity index (χ2v) is 6.90. The average molecular weight is 407 g/mol. The van der Waals surface area contributed by atoms with Crippen molar-refractivity contribution in [2.45, 2.75) is 6.92 Å². The van der Waals surface area contributed by atoms with E-state index in [1.807, 2.05) is 67.6 Å². The molecule has 1 heterocycles. The van der Waals surface area contributed by atoms with Crippen molar-refractivity contribution in [1.29, 1.82) is 5.26 Å². The molecule has 6 heteroatoms. The van der Waals surface area contributed by atoms with Crippen LogP contribution in [0.1, 0.15) is 11.1 Å². The molecule has 0 fully saturated rings. The van der Waals surface area contributed by atoms with Crippen molar-refractivity contribution in [1.82, 2.24) is 4.98 Å². The first kappa shape index (κ1) is 19.8. The van der Waals surface area contributed by atoms with Gasteiger partial charge in [-0.15, -0.1) is 0 Å². The summed E-state index contributed by atoms with van der Waals surface area (Å²) in [6.45, 7) is 1.85. The number of ether oxygens (including phenoxy) is 1. The molecule has 1 aromatic heterocycles. The van der Waals surface area contributed by atoms with Gasteiger partial charge in [-0.1, -0.05) is 18.2 Å². The summed E-state index contributed by atoms with van der Waals surface area (Å²) in [5.74, 6) is 1.42. The van der Waals surface area contributed by atoms with E-state index in [-0.39, 0.29) is 5.69 Å². The highest BCUT2D eigenvalue weighted by atomic mass is 16.6. The van der Waals surface area contributed by atoms with Gasteiger partial charge >= 0.3 is 0 Å². The fourth-order valence-corrected chi connectivity index (χ4v) is 3.23. The highest BCUT2D eigenvalue weighted by Crippen LogP contribution is 2.31. The molecule has 0 amide bonds. The van der Waals surface area contributed by atoms with Crippen molar-refractivity contribution in [3.63, 3.8) is 0 Å². The third kappa shape index (κ3) is 4.26. The van der Waals surface area contributed by atoms with Gasteiger partial charge < -0.3 is 4.74 Å². The number of rotatable bonds is 5. The van der Waals surface area contributed by atoms with Gasteiger partial charge in [0.15, 0.2) is 0 Å². The molecule has 4 rings (SSSR count). The molecule has 0 bridgehead atoms. The summed E-state index contributed by atoms with van der Waals surface area (Å²) >= 11 is 0. The van der Waals surface area contributed by atoms with Crippen LogP contribution in [0.5, 0.6) is 11.5 Å². The van der Waals surface area contributed by atoms with E-state index in [9.17, 15) is 15.4 Å². The monoisotopic (exact) mass is 407 g/mol. The lowest BCUT2D eigenvalue weighted by Crippen LogP contribution is -1.97. The highest BCUT2D eigenvalue weighted by molar-refractivity contribution is 5.74. The molecule has 0 radical (unpaired) electrons. The normalized spacial score (nSPS) is 10.3. The molecule has 31 heavy (non-hydrogen) atoms. The topological polar surface area (TPSA) is 89.1 Å². The van der Waals surface area contributed by atoms with Crippen LogP contribution in [0.15, 0.2) is 84.9 Å². The van der Waals surface area contributed by atoms with Gasteiger partial charge in [-0.25, -0.2) is 4.98 Å². The predicted molar refractivity (Wildman–Crippen MR) is 118 cm³/mol. The highest BCUT2D eigenvalue weighted by Gasteiger charge is 2.14. The van der Waals surface area contributed by atoms with Gasteiger partial charge in [0.2, 0.25) is 0 Å². The smallest absolute Gasteiger partial charge is 0.269 e. The van der Waals surface area contributed by atoms with E-state index in [2.05, 4.69) is 6.07 Å². The number of hydrogen-bond acceptors (Lipinski definition) is 5. The summed E-state index contributed by atoms with van der Waals surface area (Å²) in [4.78, 5) is 15.2. The second-order valence-electron chi connectivity index (χ2n) is 6.90. The largest absolute Gasteiger partial charge is 0.457 e. The number of para-hydroxylation sites is 1. The molecule has 0 atom stereocenters. The standard InChI is InChI=1S/C25H17N3O3/c1-17-15-24(18-7-11-20(12-8-18)28(29)30)27-25(23(17)16-26)19-9-13-22(14-10-19)31-21-5-3-2-4-6-21/h2-15H,1H3. The molecule has 0 unspecified atom stereocenters. The van der Waals surface area contributed by atoms with Crippen LogP contribution in [0.4, 0.5) is 5.69 Å². The van der Waals surface area contributed by atoms with Gasteiger partial charge in [0, 0.05) is 23.3 Å². The minimum Gasteiger partial charge on any atom is -0.457 e. The fraction of sp³-hybridized carbons (Fsp3) is 0.0400. The molecule has 0 saturated carbocycles. The van der Waals surface area contributed by atoms with Crippen LogP contribution >= 0.6 is 0 Å². The second kappa shape index (κ2) is 8.47. The van der Waals surface area contributed by atoms with E-state index < -0.39 is 4.92 Å². The van der Waals surface area contributed by atoms with Crippen LogP contribution in [0.25, 0.3) is 22.5 Å². The van der Waals surface area contributed by atoms with Crippen LogP contribution in [-0.2, 0) is 0 Å². The minimum atomic E-state index is -0.439. The Balaban J connectivity index is 1.70. The molecule has 150 valence electrons. The van der Waals surface area contributed by atoms with Crippen molar-refractivity contribution < 1.29 is 9.66 Å². The van der Waals surface area contributed by atoms with Gasteiger partial charge in [-0.2, -0.15) is 5.26 Å². The Morgan fingerprint density at radius 3 is 2.13 bits per heavy atom. The third-order valence-electron chi connectivity index (χ3n) is 4.81. The molecule has 4 aromatic rings. The maximum atomic E-state index is 10.9. The quantitative estimate of drug-likeness (QED) is 0.286. The van der Waals surface area contributed by atoms with Gasteiger partial charge in [-0.05, 0) is 67.1 Å². The minimum absolute atomic E-state index is 0.0170. The van der Waals surface area contributed by atoms with E-state index >= 15 is 0 Å². The van der Waals surface area contributed by atoms with Crippen molar-refractivity contribution in [3.05, 3.63) is 106 Å². The van der Waals surface area contributed by atoms with Crippen molar-refractivity contribution in [2.24, 2.45) is 0 Å². The Labute approximate surface area is 179 Å². The Morgan fingerprint density at radius 2 is 1.52 bits per heavy atom. The number of nitriles is 1. The first-order chi connectivity index (χ1) is 15.0. The van der Waals surface area contributed by atoms with Crippen molar-refractivity contribution in [3.8, 4) is 40.1 Å². The van der Waals surface area contributed by atoms with E-state index in [1.54, 1.807) is 12.1 Å². The third-order valence-corrected chi connectivity index (χ3v) is 4.81. The Hall–Kier alpha value is -4.50. The van der Waals surface area contributed by atoms with E-state index in [4.69, 9.17) is 9.72 Å². The molecular weight excluding hydrogens is 390 g/mol. The maximum Gasteiger partial charge on any atom is 0.269 e. The number of benzene rings is 3. The van der Waals surface area contributed by atoms with Gasteiger partial charge in [0.05, 0.1) is 21.9 Å². The number of hydrogen-bond donors (Lipinski definition) is 0. The number of aryl methyl sites for hydroxylation is 1. The number of non-ortho nitro benzene ring substituents is 1. The van der Waals surface area contributed by atoms with Crippen molar-refractivity contribution in [2.75, 3.05) is 0 Å². The SMILES string of the molecule is Cc1cc(-c2ccc([N+](=O)[O-])cc2)nc(-c2ccc(Oc3ccccc3)cc2)c1C#N. The van der Waals surface area contributed by atoms with Gasteiger partial charge in [0.1, 0.15) is 17.6 Å². The maximum absolute atomic E-state index is 10.9. The lowest BCUT2D eigenvalue weighted by Gasteiger charge is -2.11. The summed E-state index contributed by atoms with van der Waals surface area (Å²) < 4.78 is 5.83. The number of pyridine rings is 1. The van der Waals surface area contributed by atoms with Crippen molar-refractivity contribution >= 4 is 5.69 Å². The molecule has 0 saturated heterocycles. The molecule has 3 aromatic carbocycles. The summed E-state index contributed by atoms with van der Waals surface area (Å²) in [6.07, 6.45) is 0. The zero-order valence-corrected chi connectivity index (χ0v) is 16.6. The molecule has 0 aliphatic heterocycles. The van der Waals surface area contributed by atoms with Crippen LogP contribution < -0.4 is 4.74 Å². The number of nitro groups is 1. The Kier molecular flexibility index (Phi) is 5.41. The van der Waals surface area contributed by atoms with Crippen LogP contribution in [0.2, 0.25) is 0 Å². The van der Waals surface area contributed by atoms with E-state index in [0.29, 0.717) is 22.7 Å². The molecule has 0 aliphatic carbocycles. The summed E-state index contributed by atoms with van der Waals surface area (Å²) in [5.41, 5.74) is 4.01. The fourth-order valence-electron chi connectivity index (χ4n) is 3.23. The zero-order chi connectivity index (χ0) is 21.8. The molecule has 0 N–H and O–H groups in total. The van der Waals surface area contributed by atoms with Crippen LogP contribution in [0, 0.1) is 28.4 Å². The predicted octanol–water partition coefficient (Wildman–Crippen LogP) is 6.30. The lowest BCUT2D eigenvalue weighted by molar-refractivity contribution is -0.384. The zero-order valence-electron chi connectivity index (χ0n) is 16.6. The summed E-state index contributed by atoms with van der Waals surface area (Å²) in [6, 6.07) is 27.1. The Bertz CT molecular complexity index is 1280. The molecular formula is C25H17N3O3. The number of nitrogens with zero attached hydrogens (tertiary/aromatic N) is 3. The van der Waals surface area contributed by atoms with Gasteiger partial charge in [0.25, 0.3) is 5.69 Å². The van der Waals surface area contributed by atoms with Crippen LogP contribution in [0.3, 0.4) is 0 Å². The van der Waals surface area contributed by atoms with Gasteiger partial charge in [-0.3, -0.25) is 10.1 Å². The Morgan fingerprint density at radius 1 is 0.903 bits per heavy atom. The first-order valence-electron chi connectivity index (χ1n) is 9.55. The summed E-state index contributed by atoms with van der Waals surface area (Å²) in [5, 5.41) is 20.6. The summed E-state index contributed by atoms with van der Waals surface area (Å²) in [7, 11) is 0. The number of nitro benzene ring substituents is 1. The average Bonchev–Trinajstić information content (AvgIpc) is 2.80. The first-order valence-corrected chi connectivity index (χ1v) is 9.55. The van der Waals surface area contributed by atoms with E-state index in [0.717, 1.165) is 22.4 Å².